The number of para-hydroxylation sites is 1. The van der Waals surface area contributed by atoms with Gasteiger partial charge in [0.1, 0.15) is 5.03 Å². The van der Waals surface area contributed by atoms with Crippen molar-refractivity contribution in [2.75, 3.05) is 0 Å². The second-order valence-corrected chi connectivity index (χ2v) is 7.08. The Morgan fingerprint density at radius 3 is 2.61 bits per heavy atom. The van der Waals surface area contributed by atoms with E-state index in [2.05, 4.69) is 20.1 Å². The molecule has 0 fully saturated rings. The minimum atomic E-state index is -4.64. The first kappa shape index (κ1) is 18.7. The third-order valence-corrected chi connectivity index (χ3v) is 4.92. The molecule has 0 aliphatic carbocycles. The number of aromatic nitrogens is 4. The first-order valence-electron chi connectivity index (χ1n) is 7.95. The van der Waals surface area contributed by atoms with Crippen LogP contribution in [0.25, 0.3) is 22.3 Å². The van der Waals surface area contributed by atoms with Gasteiger partial charge in [0.05, 0.1) is 11.3 Å². The Balaban J connectivity index is 1.61. The third kappa shape index (κ3) is 3.95. The summed E-state index contributed by atoms with van der Waals surface area (Å²) >= 11 is 7.03. The Morgan fingerprint density at radius 1 is 1.00 bits per heavy atom. The summed E-state index contributed by atoms with van der Waals surface area (Å²) in [4.78, 5) is 11.5. The fraction of sp³-hybridized carbons (Fsp3) is 0.111. The lowest BCUT2D eigenvalue weighted by atomic mass is 10.2. The summed E-state index contributed by atoms with van der Waals surface area (Å²) in [5.74, 6) is -0.414. The molecule has 0 amide bonds. The van der Waals surface area contributed by atoms with Crippen LogP contribution in [0.4, 0.5) is 13.2 Å². The summed E-state index contributed by atoms with van der Waals surface area (Å²) < 4.78 is 44.5. The summed E-state index contributed by atoms with van der Waals surface area (Å²) in [6.45, 7) is 0. The van der Waals surface area contributed by atoms with E-state index in [0.29, 0.717) is 21.8 Å². The van der Waals surface area contributed by atoms with E-state index in [1.807, 2.05) is 0 Å². The summed E-state index contributed by atoms with van der Waals surface area (Å²) in [5, 5.41) is 5.14. The van der Waals surface area contributed by atoms with Gasteiger partial charge >= 0.3 is 6.18 Å². The van der Waals surface area contributed by atoms with Gasteiger partial charge in [-0.05, 0) is 18.2 Å². The van der Waals surface area contributed by atoms with Crippen molar-refractivity contribution in [3.05, 3.63) is 65.3 Å². The van der Waals surface area contributed by atoms with E-state index < -0.39 is 12.0 Å². The predicted octanol–water partition coefficient (Wildman–Crippen LogP) is 5.64. The molecular weight excluding hydrogens is 413 g/mol. The van der Waals surface area contributed by atoms with Crippen LogP contribution in [0.15, 0.2) is 58.1 Å². The lowest BCUT2D eigenvalue weighted by molar-refractivity contribution is -0.145. The van der Waals surface area contributed by atoms with E-state index in [0.717, 1.165) is 11.8 Å². The quantitative estimate of drug-likeness (QED) is 0.313. The highest BCUT2D eigenvalue weighted by Crippen LogP contribution is 2.33. The Bertz CT molecular complexity index is 1150. The molecule has 0 radical (unpaired) electrons. The number of hydrogen-bond acceptors (Lipinski definition) is 6. The Hall–Kier alpha value is -2.65. The number of fused-ring (bicyclic) bond motifs is 1. The molecule has 142 valence electrons. The second-order valence-electron chi connectivity index (χ2n) is 5.68. The normalized spacial score (nSPS) is 11.9. The molecule has 0 aliphatic rings. The van der Waals surface area contributed by atoms with Gasteiger partial charge in [0.25, 0.3) is 0 Å². The van der Waals surface area contributed by atoms with Crippen LogP contribution in [0.1, 0.15) is 11.7 Å². The van der Waals surface area contributed by atoms with E-state index in [-0.39, 0.29) is 22.2 Å². The molecule has 4 rings (SSSR count). The molecule has 28 heavy (non-hydrogen) atoms. The molecule has 0 saturated heterocycles. The molecule has 0 saturated carbocycles. The van der Waals surface area contributed by atoms with Crippen LogP contribution in [-0.4, -0.2) is 20.1 Å². The maximum atomic E-state index is 13.1. The molecule has 0 N–H and O–H groups in total. The van der Waals surface area contributed by atoms with E-state index in [1.165, 1.54) is 6.07 Å². The van der Waals surface area contributed by atoms with Gasteiger partial charge < -0.3 is 4.52 Å². The smallest absolute Gasteiger partial charge is 0.338 e. The molecule has 0 unspecified atom stereocenters. The van der Waals surface area contributed by atoms with Gasteiger partial charge in [-0.25, -0.2) is 9.97 Å². The summed E-state index contributed by atoms with van der Waals surface area (Å²) in [5.41, 5.74) is 0.900. The maximum absolute atomic E-state index is 13.1. The zero-order chi connectivity index (χ0) is 19.7. The zero-order valence-electron chi connectivity index (χ0n) is 13.9. The van der Waals surface area contributed by atoms with Crippen molar-refractivity contribution >= 4 is 34.3 Å². The molecule has 2 aromatic heterocycles. The topological polar surface area (TPSA) is 64.7 Å². The molecule has 5 nitrogen and oxygen atoms in total. The molecule has 0 atom stereocenters. The SMILES string of the molecule is FC(F)(F)c1nc(SCc2nc(-c3cccc(Cl)c3)no2)c2ccccc2n1. The number of halogens is 4. The Morgan fingerprint density at radius 2 is 1.82 bits per heavy atom. The lowest BCUT2D eigenvalue weighted by Gasteiger charge is -2.09. The van der Waals surface area contributed by atoms with Crippen molar-refractivity contribution in [2.45, 2.75) is 17.0 Å². The van der Waals surface area contributed by atoms with Gasteiger partial charge in [0.15, 0.2) is 0 Å². The molecule has 10 heteroatoms. The number of thioether (sulfide) groups is 1. The van der Waals surface area contributed by atoms with E-state index in [9.17, 15) is 13.2 Å². The molecule has 2 heterocycles. The van der Waals surface area contributed by atoms with Crippen LogP contribution in [0, 0.1) is 0 Å². The van der Waals surface area contributed by atoms with E-state index in [4.69, 9.17) is 16.1 Å². The molecule has 0 spiro atoms. The molecule has 0 bridgehead atoms. The molecule has 4 aromatic rings. The van der Waals surface area contributed by atoms with Crippen molar-refractivity contribution < 1.29 is 17.7 Å². The number of hydrogen-bond donors (Lipinski definition) is 0. The Labute approximate surface area is 166 Å². The summed E-state index contributed by atoms with van der Waals surface area (Å²) in [7, 11) is 0. The van der Waals surface area contributed by atoms with Crippen LogP contribution in [0.2, 0.25) is 5.02 Å². The molecule has 0 aliphatic heterocycles. The summed E-state index contributed by atoms with van der Waals surface area (Å²) in [6, 6.07) is 13.5. The van der Waals surface area contributed by atoms with Gasteiger partial charge in [0, 0.05) is 16.0 Å². The lowest BCUT2D eigenvalue weighted by Crippen LogP contribution is -2.11. The van der Waals surface area contributed by atoms with Crippen LogP contribution in [0.3, 0.4) is 0 Å². The highest BCUT2D eigenvalue weighted by Gasteiger charge is 2.35. The minimum Gasteiger partial charge on any atom is -0.338 e. The Kier molecular flexibility index (Phi) is 4.94. The zero-order valence-corrected chi connectivity index (χ0v) is 15.5. The van der Waals surface area contributed by atoms with Gasteiger partial charge in [-0.15, -0.1) is 0 Å². The molecular formula is C18H10ClF3N4OS. The van der Waals surface area contributed by atoms with Gasteiger partial charge in [-0.2, -0.15) is 18.2 Å². The van der Waals surface area contributed by atoms with E-state index in [1.54, 1.807) is 42.5 Å². The largest absolute Gasteiger partial charge is 0.451 e. The highest BCUT2D eigenvalue weighted by atomic mass is 35.5. The first-order chi connectivity index (χ1) is 13.4. The summed E-state index contributed by atoms with van der Waals surface area (Å²) in [6.07, 6.45) is -4.64. The van der Waals surface area contributed by atoms with Crippen LogP contribution >= 0.6 is 23.4 Å². The van der Waals surface area contributed by atoms with Gasteiger partial charge in [-0.3, -0.25) is 0 Å². The third-order valence-electron chi connectivity index (χ3n) is 3.71. The van der Waals surface area contributed by atoms with Crippen molar-refractivity contribution in [2.24, 2.45) is 0 Å². The van der Waals surface area contributed by atoms with Gasteiger partial charge in [0.2, 0.25) is 17.5 Å². The highest BCUT2D eigenvalue weighted by molar-refractivity contribution is 7.98. The van der Waals surface area contributed by atoms with Crippen LogP contribution in [-0.2, 0) is 11.9 Å². The standard InChI is InChI=1S/C18H10ClF3N4OS/c19-11-5-3-4-10(8-11)15-24-14(27-26-15)9-28-16-12-6-1-2-7-13(12)23-17(25-16)18(20,21)22/h1-8H,9H2. The number of alkyl halides is 3. The average Bonchev–Trinajstić information content (AvgIpc) is 3.14. The van der Waals surface area contributed by atoms with E-state index >= 15 is 0 Å². The van der Waals surface area contributed by atoms with Crippen molar-refractivity contribution in [3.63, 3.8) is 0 Å². The van der Waals surface area contributed by atoms with Crippen LogP contribution < -0.4 is 0 Å². The van der Waals surface area contributed by atoms with Crippen molar-refractivity contribution in [1.29, 1.82) is 0 Å². The fourth-order valence-corrected chi connectivity index (χ4v) is 3.52. The number of benzene rings is 2. The van der Waals surface area contributed by atoms with Crippen LogP contribution in [0.5, 0.6) is 0 Å². The van der Waals surface area contributed by atoms with Gasteiger partial charge in [-0.1, -0.05) is 58.9 Å². The number of rotatable bonds is 4. The monoisotopic (exact) mass is 422 g/mol. The maximum Gasteiger partial charge on any atom is 0.451 e. The fourth-order valence-electron chi connectivity index (χ4n) is 2.47. The second kappa shape index (κ2) is 7.40. The van der Waals surface area contributed by atoms with Crippen molar-refractivity contribution in [3.8, 4) is 11.4 Å². The predicted molar refractivity (Wildman–Crippen MR) is 98.8 cm³/mol. The number of nitrogens with zero attached hydrogens (tertiary/aromatic N) is 4. The average molecular weight is 423 g/mol. The molecule has 2 aromatic carbocycles. The minimum absolute atomic E-state index is 0.159. The first-order valence-corrected chi connectivity index (χ1v) is 9.32. The van der Waals surface area contributed by atoms with Crippen molar-refractivity contribution in [1.82, 2.24) is 20.1 Å².